The van der Waals surface area contributed by atoms with Crippen molar-refractivity contribution in [2.45, 2.75) is 30.4 Å². The van der Waals surface area contributed by atoms with Crippen LogP contribution < -0.4 is 10.1 Å². The van der Waals surface area contributed by atoms with Crippen LogP contribution in [-0.4, -0.2) is 26.7 Å². The molecule has 1 amide bonds. The van der Waals surface area contributed by atoms with Crippen molar-refractivity contribution >= 4 is 15.7 Å². The summed E-state index contributed by atoms with van der Waals surface area (Å²) >= 11 is 0. The van der Waals surface area contributed by atoms with Gasteiger partial charge in [-0.05, 0) is 36.2 Å². The van der Waals surface area contributed by atoms with E-state index < -0.39 is 15.9 Å². The predicted octanol–water partition coefficient (Wildman–Crippen LogP) is 2.27. The summed E-state index contributed by atoms with van der Waals surface area (Å²) in [7, 11) is -3.22. The quantitative estimate of drug-likeness (QED) is 0.923. The SMILES string of the molecule is C[C@H](NC(=O)[C@H]1Cc2ccccc2O1)c1ccc(S(C)(=O)=O)cc1. The number of nitrogens with one attached hydrogen (secondary N) is 1. The van der Waals surface area contributed by atoms with Gasteiger partial charge in [0.1, 0.15) is 5.75 Å². The number of carbonyl (C=O) groups excluding carboxylic acids is 1. The summed E-state index contributed by atoms with van der Waals surface area (Å²) in [6, 6.07) is 13.9. The fourth-order valence-corrected chi connectivity index (χ4v) is 3.35. The number of para-hydroxylation sites is 1. The Morgan fingerprint density at radius 2 is 1.83 bits per heavy atom. The largest absolute Gasteiger partial charge is 0.480 e. The first-order valence-corrected chi connectivity index (χ1v) is 9.58. The van der Waals surface area contributed by atoms with Crippen molar-refractivity contribution in [3.8, 4) is 5.75 Å². The van der Waals surface area contributed by atoms with Crippen molar-refractivity contribution in [3.63, 3.8) is 0 Å². The summed E-state index contributed by atoms with van der Waals surface area (Å²) in [5, 5.41) is 2.92. The van der Waals surface area contributed by atoms with Gasteiger partial charge in [0.25, 0.3) is 5.91 Å². The molecule has 3 rings (SSSR count). The van der Waals surface area contributed by atoms with E-state index in [9.17, 15) is 13.2 Å². The number of amides is 1. The number of hydrogen-bond donors (Lipinski definition) is 1. The minimum atomic E-state index is -3.22. The molecule has 1 aliphatic heterocycles. The zero-order valence-electron chi connectivity index (χ0n) is 13.5. The number of ether oxygens (including phenoxy) is 1. The van der Waals surface area contributed by atoms with Gasteiger partial charge in [0.2, 0.25) is 0 Å². The summed E-state index contributed by atoms with van der Waals surface area (Å²) in [6.07, 6.45) is 1.20. The van der Waals surface area contributed by atoms with E-state index in [1.54, 1.807) is 24.3 Å². The third-order valence-corrected chi connectivity index (χ3v) is 5.24. The minimum absolute atomic E-state index is 0.175. The van der Waals surface area contributed by atoms with E-state index in [0.29, 0.717) is 6.42 Å². The van der Waals surface area contributed by atoms with Gasteiger partial charge in [-0.25, -0.2) is 8.42 Å². The molecular weight excluding hydrogens is 326 g/mol. The highest BCUT2D eigenvalue weighted by atomic mass is 32.2. The maximum atomic E-state index is 12.4. The van der Waals surface area contributed by atoms with E-state index in [-0.39, 0.29) is 16.8 Å². The Morgan fingerprint density at radius 1 is 1.17 bits per heavy atom. The minimum Gasteiger partial charge on any atom is -0.480 e. The van der Waals surface area contributed by atoms with Crippen molar-refractivity contribution in [1.82, 2.24) is 5.32 Å². The van der Waals surface area contributed by atoms with Crippen LogP contribution in [-0.2, 0) is 21.1 Å². The second-order valence-electron chi connectivity index (χ2n) is 5.99. The van der Waals surface area contributed by atoms with E-state index in [4.69, 9.17) is 4.74 Å². The van der Waals surface area contributed by atoms with Gasteiger partial charge in [-0.3, -0.25) is 4.79 Å². The Morgan fingerprint density at radius 3 is 2.46 bits per heavy atom. The molecule has 24 heavy (non-hydrogen) atoms. The third-order valence-electron chi connectivity index (χ3n) is 4.11. The zero-order chi connectivity index (χ0) is 17.3. The molecule has 0 bridgehead atoms. The molecule has 0 radical (unpaired) electrons. The smallest absolute Gasteiger partial charge is 0.261 e. The molecule has 0 unspecified atom stereocenters. The van der Waals surface area contributed by atoms with Gasteiger partial charge in [0.15, 0.2) is 15.9 Å². The van der Waals surface area contributed by atoms with Gasteiger partial charge < -0.3 is 10.1 Å². The van der Waals surface area contributed by atoms with E-state index >= 15 is 0 Å². The maximum Gasteiger partial charge on any atom is 0.261 e. The summed E-state index contributed by atoms with van der Waals surface area (Å²) in [6.45, 7) is 1.86. The van der Waals surface area contributed by atoms with E-state index in [1.807, 2.05) is 31.2 Å². The first-order valence-electron chi connectivity index (χ1n) is 7.69. The number of fused-ring (bicyclic) bond motifs is 1. The highest BCUT2D eigenvalue weighted by Crippen LogP contribution is 2.28. The number of hydrogen-bond acceptors (Lipinski definition) is 4. The molecule has 0 aliphatic carbocycles. The first kappa shape index (κ1) is 16.5. The predicted molar refractivity (Wildman–Crippen MR) is 90.7 cm³/mol. The second kappa shape index (κ2) is 6.28. The molecule has 0 fully saturated rings. The fourth-order valence-electron chi connectivity index (χ4n) is 2.72. The highest BCUT2D eigenvalue weighted by Gasteiger charge is 2.29. The molecule has 2 atom stereocenters. The lowest BCUT2D eigenvalue weighted by molar-refractivity contribution is -0.127. The third kappa shape index (κ3) is 3.43. The van der Waals surface area contributed by atoms with E-state index in [2.05, 4.69) is 5.32 Å². The van der Waals surface area contributed by atoms with Crippen LogP contribution in [0.5, 0.6) is 5.75 Å². The Kier molecular flexibility index (Phi) is 4.32. The molecule has 0 aromatic heterocycles. The highest BCUT2D eigenvalue weighted by molar-refractivity contribution is 7.90. The lowest BCUT2D eigenvalue weighted by Crippen LogP contribution is -2.38. The molecule has 126 valence electrons. The molecule has 0 spiro atoms. The number of sulfone groups is 1. The average Bonchev–Trinajstić information content (AvgIpc) is 2.98. The van der Waals surface area contributed by atoms with E-state index in [1.165, 1.54) is 6.26 Å². The molecule has 5 nitrogen and oxygen atoms in total. The van der Waals surface area contributed by atoms with Crippen molar-refractivity contribution < 1.29 is 17.9 Å². The Hall–Kier alpha value is -2.34. The molecule has 2 aromatic carbocycles. The second-order valence-corrected chi connectivity index (χ2v) is 8.01. The standard InChI is InChI=1S/C18H19NO4S/c1-12(13-7-9-15(10-8-13)24(2,21)22)19-18(20)17-11-14-5-3-4-6-16(14)23-17/h3-10,12,17H,11H2,1-2H3,(H,19,20)/t12-,17+/m0/s1. The van der Waals surface area contributed by atoms with Gasteiger partial charge in [-0.1, -0.05) is 30.3 Å². The Balaban J connectivity index is 1.65. The summed E-state index contributed by atoms with van der Waals surface area (Å²) in [5.74, 6) is 0.577. The van der Waals surface area contributed by atoms with Crippen LogP contribution in [0.15, 0.2) is 53.4 Å². The van der Waals surface area contributed by atoms with Crippen LogP contribution in [0, 0.1) is 0 Å². The molecule has 1 heterocycles. The van der Waals surface area contributed by atoms with Gasteiger partial charge in [0, 0.05) is 12.7 Å². The van der Waals surface area contributed by atoms with Gasteiger partial charge in [-0.15, -0.1) is 0 Å². The summed E-state index contributed by atoms with van der Waals surface area (Å²) in [5.41, 5.74) is 1.87. The molecule has 2 aromatic rings. The van der Waals surface area contributed by atoms with E-state index in [0.717, 1.165) is 16.9 Å². The van der Waals surface area contributed by atoms with Gasteiger partial charge in [-0.2, -0.15) is 0 Å². The summed E-state index contributed by atoms with van der Waals surface area (Å²) < 4.78 is 28.7. The molecule has 1 aliphatic rings. The Bertz CT molecular complexity index is 834. The molecular formula is C18H19NO4S. The normalized spacial score (nSPS) is 17.7. The number of benzene rings is 2. The topological polar surface area (TPSA) is 72.5 Å². The van der Waals surface area contributed by atoms with Crippen LogP contribution >= 0.6 is 0 Å². The average molecular weight is 345 g/mol. The number of carbonyl (C=O) groups is 1. The number of rotatable bonds is 4. The van der Waals surface area contributed by atoms with Crippen molar-refractivity contribution in [3.05, 3.63) is 59.7 Å². The fraction of sp³-hybridized carbons (Fsp3) is 0.278. The van der Waals surface area contributed by atoms with Crippen LogP contribution in [0.1, 0.15) is 24.1 Å². The van der Waals surface area contributed by atoms with Crippen molar-refractivity contribution in [2.24, 2.45) is 0 Å². The Labute approximate surface area is 141 Å². The lowest BCUT2D eigenvalue weighted by Gasteiger charge is -2.17. The molecule has 0 saturated heterocycles. The molecule has 0 saturated carbocycles. The van der Waals surface area contributed by atoms with Gasteiger partial charge in [0.05, 0.1) is 10.9 Å². The van der Waals surface area contributed by atoms with Crippen molar-refractivity contribution in [1.29, 1.82) is 0 Å². The van der Waals surface area contributed by atoms with Crippen LogP contribution in [0.2, 0.25) is 0 Å². The molecule has 1 N–H and O–H groups in total. The zero-order valence-corrected chi connectivity index (χ0v) is 14.3. The van der Waals surface area contributed by atoms with Gasteiger partial charge >= 0.3 is 0 Å². The van der Waals surface area contributed by atoms with Crippen molar-refractivity contribution in [2.75, 3.05) is 6.26 Å². The first-order chi connectivity index (χ1) is 11.3. The molecule has 6 heteroatoms. The van der Waals surface area contributed by atoms with Crippen LogP contribution in [0.3, 0.4) is 0 Å². The summed E-state index contributed by atoms with van der Waals surface area (Å²) in [4.78, 5) is 12.7. The lowest BCUT2D eigenvalue weighted by atomic mass is 10.1. The maximum absolute atomic E-state index is 12.4. The monoisotopic (exact) mass is 345 g/mol. The van der Waals surface area contributed by atoms with Crippen LogP contribution in [0.4, 0.5) is 0 Å². The van der Waals surface area contributed by atoms with Crippen LogP contribution in [0.25, 0.3) is 0 Å².